The van der Waals surface area contributed by atoms with E-state index in [1.54, 1.807) is 0 Å². The SMILES string of the molecule is CNC1(C(N)=O)CCCC(N2CCCCCC2C)C1. The number of nitrogens with two attached hydrogens (primary N) is 1. The molecule has 2 rings (SSSR count). The maximum atomic E-state index is 11.8. The Morgan fingerprint density at radius 1 is 1.26 bits per heavy atom. The highest BCUT2D eigenvalue weighted by atomic mass is 16.1. The molecule has 1 saturated carbocycles. The topological polar surface area (TPSA) is 58.4 Å². The number of hydrogen-bond acceptors (Lipinski definition) is 3. The summed E-state index contributed by atoms with van der Waals surface area (Å²) in [5.41, 5.74) is 5.17. The van der Waals surface area contributed by atoms with Gasteiger partial charge in [0.05, 0.1) is 5.54 Å². The van der Waals surface area contributed by atoms with Crippen molar-refractivity contribution in [2.24, 2.45) is 5.73 Å². The number of carbonyl (C=O) groups is 1. The monoisotopic (exact) mass is 267 g/mol. The molecule has 4 nitrogen and oxygen atoms in total. The van der Waals surface area contributed by atoms with Crippen LogP contribution in [-0.2, 0) is 4.79 Å². The van der Waals surface area contributed by atoms with E-state index >= 15 is 0 Å². The molecular formula is C15H29N3O. The van der Waals surface area contributed by atoms with E-state index in [9.17, 15) is 4.79 Å². The van der Waals surface area contributed by atoms with Crippen molar-refractivity contribution in [1.29, 1.82) is 0 Å². The molecule has 4 heteroatoms. The van der Waals surface area contributed by atoms with Gasteiger partial charge in [0.2, 0.25) is 5.91 Å². The van der Waals surface area contributed by atoms with Crippen LogP contribution in [0.25, 0.3) is 0 Å². The van der Waals surface area contributed by atoms with Crippen LogP contribution in [0.1, 0.15) is 58.3 Å². The molecule has 0 aromatic carbocycles. The number of rotatable bonds is 3. The molecule has 19 heavy (non-hydrogen) atoms. The van der Waals surface area contributed by atoms with Gasteiger partial charge in [-0.15, -0.1) is 0 Å². The first kappa shape index (κ1) is 14.8. The molecule has 110 valence electrons. The molecule has 3 unspecified atom stereocenters. The summed E-state index contributed by atoms with van der Waals surface area (Å²) < 4.78 is 0. The maximum Gasteiger partial charge on any atom is 0.237 e. The van der Waals surface area contributed by atoms with Crippen molar-refractivity contribution in [2.75, 3.05) is 13.6 Å². The number of nitrogens with zero attached hydrogens (tertiary/aromatic N) is 1. The molecule has 1 aliphatic heterocycles. The van der Waals surface area contributed by atoms with Crippen molar-refractivity contribution < 1.29 is 4.79 Å². The minimum atomic E-state index is -0.477. The van der Waals surface area contributed by atoms with Crippen LogP contribution in [0, 0.1) is 0 Å². The molecule has 2 fully saturated rings. The van der Waals surface area contributed by atoms with E-state index in [4.69, 9.17) is 5.73 Å². The Bertz CT molecular complexity index is 321. The van der Waals surface area contributed by atoms with Gasteiger partial charge in [-0.25, -0.2) is 0 Å². The van der Waals surface area contributed by atoms with E-state index < -0.39 is 5.54 Å². The fourth-order valence-electron chi connectivity index (χ4n) is 3.94. The van der Waals surface area contributed by atoms with Crippen LogP contribution >= 0.6 is 0 Å². The van der Waals surface area contributed by atoms with Crippen LogP contribution in [0.3, 0.4) is 0 Å². The van der Waals surface area contributed by atoms with Crippen LogP contribution < -0.4 is 11.1 Å². The number of hydrogen-bond donors (Lipinski definition) is 2. The standard InChI is InChI=1S/C15H29N3O/c1-12-7-4-3-5-10-18(12)13-8-6-9-15(11-13,17-2)14(16)19/h12-13,17H,3-11H2,1-2H3,(H2,16,19). The molecule has 1 aliphatic carbocycles. The molecule has 2 aliphatic rings. The fourth-order valence-corrected chi connectivity index (χ4v) is 3.94. The van der Waals surface area contributed by atoms with Crippen molar-refractivity contribution in [3.8, 4) is 0 Å². The van der Waals surface area contributed by atoms with Crippen molar-refractivity contribution in [1.82, 2.24) is 10.2 Å². The third kappa shape index (κ3) is 3.11. The molecule has 0 aromatic rings. The first-order chi connectivity index (χ1) is 9.09. The molecule has 0 radical (unpaired) electrons. The van der Waals surface area contributed by atoms with E-state index in [-0.39, 0.29) is 5.91 Å². The summed E-state index contributed by atoms with van der Waals surface area (Å²) >= 11 is 0. The summed E-state index contributed by atoms with van der Waals surface area (Å²) in [7, 11) is 1.87. The molecule has 3 atom stereocenters. The highest BCUT2D eigenvalue weighted by molar-refractivity contribution is 5.84. The second-order valence-electron chi connectivity index (χ2n) is 6.38. The smallest absolute Gasteiger partial charge is 0.237 e. The third-order valence-electron chi connectivity index (χ3n) is 5.25. The number of nitrogens with one attached hydrogen (secondary N) is 1. The van der Waals surface area contributed by atoms with Crippen molar-refractivity contribution >= 4 is 5.91 Å². The number of amides is 1. The van der Waals surface area contributed by atoms with Crippen LogP contribution in [0.15, 0.2) is 0 Å². The van der Waals surface area contributed by atoms with Gasteiger partial charge in [-0.3, -0.25) is 9.69 Å². The molecular weight excluding hydrogens is 238 g/mol. The zero-order valence-electron chi connectivity index (χ0n) is 12.5. The van der Waals surface area contributed by atoms with Crippen molar-refractivity contribution in [2.45, 2.75) is 75.9 Å². The highest BCUT2D eigenvalue weighted by Crippen LogP contribution is 2.33. The summed E-state index contributed by atoms with van der Waals surface area (Å²) in [6, 6.07) is 1.16. The minimum Gasteiger partial charge on any atom is -0.368 e. The van der Waals surface area contributed by atoms with Crippen LogP contribution in [0.4, 0.5) is 0 Å². The van der Waals surface area contributed by atoms with Gasteiger partial charge in [0.15, 0.2) is 0 Å². The van der Waals surface area contributed by atoms with Crippen LogP contribution in [0.2, 0.25) is 0 Å². The van der Waals surface area contributed by atoms with Gasteiger partial charge >= 0.3 is 0 Å². The van der Waals surface area contributed by atoms with Crippen LogP contribution in [-0.4, -0.2) is 42.0 Å². The van der Waals surface area contributed by atoms with Gasteiger partial charge in [-0.05, 0) is 59.0 Å². The van der Waals surface area contributed by atoms with E-state index in [0.717, 1.165) is 19.3 Å². The molecule has 0 spiro atoms. The lowest BCUT2D eigenvalue weighted by Crippen LogP contribution is -2.60. The van der Waals surface area contributed by atoms with E-state index in [2.05, 4.69) is 17.1 Å². The molecule has 3 N–H and O–H groups in total. The number of likely N-dealkylation sites (N-methyl/N-ethyl adjacent to an activating group) is 1. The Kier molecular flexibility index (Phi) is 4.85. The summed E-state index contributed by atoms with van der Waals surface area (Å²) in [6.45, 7) is 3.52. The Labute approximate surface area is 117 Å². The van der Waals surface area contributed by atoms with Gasteiger partial charge in [0.1, 0.15) is 0 Å². The summed E-state index contributed by atoms with van der Waals surface area (Å²) in [4.78, 5) is 14.5. The largest absolute Gasteiger partial charge is 0.368 e. The van der Waals surface area contributed by atoms with Crippen molar-refractivity contribution in [3.05, 3.63) is 0 Å². The quantitative estimate of drug-likeness (QED) is 0.817. The molecule has 1 saturated heterocycles. The van der Waals surface area contributed by atoms with Gasteiger partial charge in [0, 0.05) is 12.1 Å². The van der Waals surface area contributed by atoms with E-state index in [1.165, 1.54) is 38.6 Å². The Hall–Kier alpha value is -0.610. The van der Waals surface area contributed by atoms with Crippen LogP contribution in [0.5, 0.6) is 0 Å². The van der Waals surface area contributed by atoms with Gasteiger partial charge in [-0.2, -0.15) is 0 Å². The number of carbonyl (C=O) groups excluding carboxylic acids is 1. The number of likely N-dealkylation sites (tertiary alicyclic amines) is 1. The lowest BCUT2D eigenvalue weighted by Gasteiger charge is -2.44. The highest BCUT2D eigenvalue weighted by Gasteiger charge is 2.42. The average molecular weight is 267 g/mol. The zero-order valence-corrected chi connectivity index (χ0v) is 12.5. The third-order valence-corrected chi connectivity index (χ3v) is 5.25. The molecule has 1 heterocycles. The predicted octanol–water partition coefficient (Wildman–Crippen LogP) is 1.64. The predicted molar refractivity (Wildman–Crippen MR) is 77.9 cm³/mol. The zero-order chi connectivity index (χ0) is 13.9. The second kappa shape index (κ2) is 6.23. The minimum absolute atomic E-state index is 0.179. The summed E-state index contributed by atoms with van der Waals surface area (Å²) in [5, 5.41) is 3.22. The lowest BCUT2D eigenvalue weighted by atomic mass is 9.77. The van der Waals surface area contributed by atoms with E-state index in [0.29, 0.717) is 12.1 Å². The normalized spacial score (nSPS) is 37.8. The summed E-state index contributed by atoms with van der Waals surface area (Å²) in [6.07, 6.45) is 9.35. The van der Waals surface area contributed by atoms with Gasteiger partial charge in [0.25, 0.3) is 0 Å². The second-order valence-corrected chi connectivity index (χ2v) is 6.38. The Morgan fingerprint density at radius 2 is 2.05 bits per heavy atom. The lowest BCUT2D eigenvalue weighted by molar-refractivity contribution is -0.126. The van der Waals surface area contributed by atoms with Gasteiger partial charge in [-0.1, -0.05) is 12.8 Å². The van der Waals surface area contributed by atoms with E-state index in [1.807, 2.05) is 7.05 Å². The molecule has 0 aromatic heterocycles. The van der Waals surface area contributed by atoms with Gasteiger partial charge < -0.3 is 11.1 Å². The molecule has 0 bridgehead atoms. The first-order valence-electron chi connectivity index (χ1n) is 7.83. The Morgan fingerprint density at radius 3 is 2.74 bits per heavy atom. The average Bonchev–Trinajstić information content (AvgIpc) is 2.63. The summed E-state index contributed by atoms with van der Waals surface area (Å²) in [5.74, 6) is -0.179. The first-order valence-corrected chi connectivity index (χ1v) is 7.83. The Balaban J connectivity index is 2.09. The van der Waals surface area contributed by atoms with Crippen molar-refractivity contribution in [3.63, 3.8) is 0 Å². The maximum absolute atomic E-state index is 11.8. The number of primary amides is 1. The molecule has 1 amide bonds. The fraction of sp³-hybridized carbons (Fsp3) is 0.933.